The Bertz CT molecular complexity index is 945. The van der Waals surface area contributed by atoms with E-state index in [1.165, 1.54) is 19.1 Å². The number of carbonyl (C=O) groups is 1. The van der Waals surface area contributed by atoms with E-state index in [-0.39, 0.29) is 11.7 Å². The summed E-state index contributed by atoms with van der Waals surface area (Å²) < 4.78 is 19.6. The molecule has 4 nitrogen and oxygen atoms in total. The molecule has 2 N–H and O–H groups in total. The highest BCUT2D eigenvalue weighted by molar-refractivity contribution is 6.30. The predicted octanol–water partition coefficient (Wildman–Crippen LogP) is 5.84. The second-order valence-corrected chi connectivity index (χ2v) is 6.32. The summed E-state index contributed by atoms with van der Waals surface area (Å²) in [7, 11) is 0. The largest absolute Gasteiger partial charge is 0.455 e. The normalized spacial score (nSPS) is 10.3. The molecule has 0 aliphatic carbocycles. The minimum absolute atomic E-state index is 0.153. The molecular formula is C21H18ClFN2O2. The molecule has 0 unspecified atom stereocenters. The Hall–Kier alpha value is -3.05. The lowest BCUT2D eigenvalue weighted by molar-refractivity contribution is -0.114. The van der Waals surface area contributed by atoms with Crippen molar-refractivity contribution >= 4 is 28.9 Å². The molecule has 3 aromatic rings. The van der Waals surface area contributed by atoms with E-state index >= 15 is 0 Å². The number of anilines is 2. The van der Waals surface area contributed by atoms with Gasteiger partial charge in [0.1, 0.15) is 11.6 Å². The first-order chi connectivity index (χ1) is 13.0. The monoisotopic (exact) mass is 384 g/mol. The van der Waals surface area contributed by atoms with E-state index in [2.05, 4.69) is 10.6 Å². The van der Waals surface area contributed by atoms with Crippen LogP contribution in [-0.2, 0) is 11.3 Å². The fourth-order valence-corrected chi connectivity index (χ4v) is 2.66. The van der Waals surface area contributed by atoms with E-state index in [9.17, 15) is 9.18 Å². The van der Waals surface area contributed by atoms with Gasteiger partial charge in [0, 0.05) is 30.2 Å². The lowest BCUT2D eigenvalue weighted by atomic mass is 10.1. The number of nitrogens with one attached hydrogen (secondary N) is 2. The van der Waals surface area contributed by atoms with Crippen LogP contribution in [-0.4, -0.2) is 5.91 Å². The van der Waals surface area contributed by atoms with Crippen LogP contribution in [0.25, 0.3) is 0 Å². The van der Waals surface area contributed by atoms with Crippen LogP contribution in [0.5, 0.6) is 11.5 Å². The molecule has 0 bridgehead atoms. The van der Waals surface area contributed by atoms with E-state index in [1.54, 1.807) is 30.3 Å². The highest BCUT2D eigenvalue weighted by atomic mass is 35.5. The third-order valence-electron chi connectivity index (χ3n) is 3.78. The van der Waals surface area contributed by atoms with E-state index in [0.717, 1.165) is 5.56 Å². The number of carbonyl (C=O) groups excluding carboxylic acids is 1. The molecule has 0 aromatic heterocycles. The number of ether oxygens (including phenoxy) is 1. The zero-order valence-corrected chi connectivity index (χ0v) is 15.4. The molecule has 3 aromatic carbocycles. The average molecular weight is 385 g/mol. The smallest absolute Gasteiger partial charge is 0.221 e. The Kier molecular flexibility index (Phi) is 5.94. The molecule has 0 aliphatic rings. The van der Waals surface area contributed by atoms with Crippen molar-refractivity contribution in [2.24, 2.45) is 0 Å². The molecule has 27 heavy (non-hydrogen) atoms. The van der Waals surface area contributed by atoms with E-state index in [0.29, 0.717) is 34.4 Å². The van der Waals surface area contributed by atoms with Gasteiger partial charge in [-0.3, -0.25) is 4.79 Å². The van der Waals surface area contributed by atoms with E-state index in [1.807, 2.05) is 24.3 Å². The highest BCUT2D eigenvalue weighted by Gasteiger charge is 2.09. The minimum atomic E-state index is -0.379. The maximum atomic E-state index is 13.7. The van der Waals surface area contributed by atoms with Gasteiger partial charge in [-0.15, -0.1) is 0 Å². The molecule has 0 heterocycles. The highest BCUT2D eigenvalue weighted by Crippen LogP contribution is 2.31. The molecule has 0 saturated heterocycles. The molecule has 3 rings (SSSR count). The lowest BCUT2D eigenvalue weighted by Gasteiger charge is -2.15. The van der Waals surface area contributed by atoms with Crippen LogP contribution in [0.3, 0.4) is 0 Å². The van der Waals surface area contributed by atoms with Crippen molar-refractivity contribution in [3.05, 3.63) is 83.1 Å². The third-order valence-corrected chi connectivity index (χ3v) is 4.03. The van der Waals surface area contributed by atoms with Crippen molar-refractivity contribution in [3.63, 3.8) is 0 Å². The molecule has 138 valence electrons. The van der Waals surface area contributed by atoms with Crippen molar-refractivity contribution in [1.29, 1.82) is 0 Å². The summed E-state index contributed by atoms with van der Waals surface area (Å²) >= 11 is 5.89. The lowest BCUT2D eigenvalue weighted by Crippen LogP contribution is -2.10. The second kappa shape index (κ2) is 8.56. The van der Waals surface area contributed by atoms with Crippen LogP contribution < -0.4 is 15.4 Å². The summed E-state index contributed by atoms with van der Waals surface area (Å²) in [6.07, 6.45) is 0. The van der Waals surface area contributed by atoms with Gasteiger partial charge in [0.15, 0.2) is 5.75 Å². The van der Waals surface area contributed by atoms with E-state index in [4.69, 9.17) is 16.3 Å². The van der Waals surface area contributed by atoms with Crippen LogP contribution >= 0.6 is 11.6 Å². The van der Waals surface area contributed by atoms with Gasteiger partial charge in [-0.2, -0.15) is 0 Å². The number of rotatable bonds is 6. The summed E-state index contributed by atoms with van der Waals surface area (Å²) in [6, 6.07) is 18.6. The number of halogens is 2. The molecule has 0 fully saturated rings. The van der Waals surface area contributed by atoms with Gasteiger partial charge in [0.2, 0.25) is 5.91 Å². The first kappa shape index (κ1) is 18.7. The van der Waals surface area contributed by atoms with Gasteiger partial charge < -0.3 is 15.4 Å². The number of hydrogen-bond acceptors (Lipinski definition) is 3. The Morgan fingerprint density at radius 3 is 2.52 bits per heavy atom. The van der Waals surface area contributed by atoms with Gasteiger partial charge in [-0.05, 0) is 48.0 Å². The standard InChI is InChI=1S/C21H18ClFN2O2/c1-14(26)25-19-5-3-2-4-15(19)13-24-20-12-17(23)8-11-21(20)27-18-9-6-16(22)7-10-18/h2-12,24H,13H2,1H3,(H,25,26). The maximum Gasteiger partial charge on any atom is 0.221 e. The number of benzene rings is 3. The number of amides is 1. The van der Waals surface area contributed by atoms with Crippen molar-refractivity contribution in [2.75, 3.05) is 10.6 Å². The molecule has 0 aliphatic heterocycles. The van der Waals surface area contributed by atoms with Gasteiger partial charge in [0.25, 0.3) is 0 Å². The van der Waals surface area contributed by atoms with E-state index < -0.39 is 0 Å². The fourth-order valence-electron chi connectivity index (χ4n) is 2.54. The molecule has 1 amide bonds. The average Bonchev–Trinajstić information content (AvgIpc) is 2.64. The van der Waals surface area contributed by atoms with Crippen LogP contribution in [0.2, 0.25) is 5.02 Å². The summed E-state index contributed by atoms with van der Waals surface area (Å²) in [5, 5.41) is 6.56. The Balaban J connectivity index is 1.80. The van der Waals surface area contributed by atoms with Crippen LogP contribution in [0.1, 0.15) is 12.5 Å². The first-order valence-electron chi connectivity index (χ1n) is 8.33. The molecule has 0 radical (unpaired) electrons. The molecule has 0 atom stereocenters. The minimum Gasteiger partial charge on any atom is -0.455 e. The fraction of sp³-hybridized carbons (Fsp3) is 0.0952. The van der Waals surface area contributed by atoms with Crippen LogP contribution in [0, 0.1) is 5.82 Å². The zero-order chi connectivity index (χ0) is 19.2. The quantitative estimate of drug-likeness (QED) is 0.561. The summed E-state index contributed by atoms with van der Waals surface area (Å²) in [5.41, 5.74) is 2.08. The summed E-state index contributed by atoms with van der Waals surface area (Å²) in [4.78, 5) is 11.4. The zero-order valence-electron chi connectivity index (χ0n) is 14.6. The molecule has 6 heteroatoms. The van der Waals surface area contributed by atoms with Crippen molar-refractivity contribution in [2.45, 2.75) is 13.5 Å². The Labute approximate surface area is 161 Å². The van der Waals surface area contributed by atoms with Crippen molar-refractivity contribution in [1.82, 2.24) is 0 Å². The van der Waals surface area contributed by atoms with Crippen molar-refractivity contribution < 1.29 is 13.9 Å². The summed E-state index contributed by atoms with van der Waals surface area (Å²) in [5.74, 6) is 0.541. The van der Waals surface area contributed by atoms with Crippen molar-refractivity contribution in [3.8, 4) is 11.5 Å². The number of hydrogen-bond donors (Lipinski definition) is 2. The van der Waals surface area contributed by atoms with Gasteiger partial charge in [-0.25, -0.2) is 4.39 Å². The summed E-state index contributed by atoms with van der Waals surface area (Å²) in [6.45, 7) is 1.84. The van der Waals surface area contributed by atoms with Gasteiger partial charge in [-0.1, -0.05) is 29.8 Å². The topological polar surface area (TPSA) is 50.4 Å². The third kappa shape index (κ3) is 5.21. The second-order valence-electron chi connectivity index (χ2n) is 5.89. The molecular weight excluding hydrogens is 367 g/mol. The molecule has 0 spiro atoms. The van der Waals surface area contributed by atoms with Crippen LogP contribution in [0.15, 0.2) is 66.7 Å². The Morgan fingerprint density at radius 1 is 1.04 bits per heavy atom. The van der Waals surface area contributed by atoms with Gasteiger partial charge in [0.05, 0.1) is 5.69 Å². The predicted molar refractivity (Wildman–Crippen MR) is 106 cm³/mol. The Morgan fingerprint density at radius 2 is 1.78 bits per heavy atom. The molecule has 0 saturated carbocycles. The maximum absolute atomic E-state index is 13.7. The number of para-hydroxylation sites is 1. The van der Waals surface area contributed by atoms with Gasteiger partial charge >= 0.3 is 0 Å². The SMILES string of the molecule is CC(=O)Nc1ccccc1CNc1cc(F)ccc1Oc1ccc(Cl)cc1. The first-order valence-corrected chi connectivity index (χ1v) is 8.71. The van der Waals surface area contributed by atoms with Crippen LogP contribution in [0.4, 0.5) is 15.8 Å².